The number of fused-ring (bicyclic) bond motifs is 3. The average Bonchev–Trinajstić information content (AvgIpc) is 3.08. The molecule has 1 atom stereocenters. The van der Waals surface area contributed by atoms with Crippen molar-refractivity contribution in [3.8, 4) is 11.1 Å². The fourth-order valence-corrected chi connectivity index (χ4v) is 3.87. The van der Waals surface area contributed by atoms with Crippen molar-refractivity contribution < 1.29 is 33.0 Å². The van der Waals surface area contributed by atoms with Crippen molar-refractivity contribution in [2.24, 2.45) is 0 Å². The third-order valence-electron chi connectivity index (χ3n) is 5.37. The SMILES string of the molecule is CN(CC(F)F)C(=O)C(CCC(=O)O)NC(=O)OCC1c2ccccc2-c2ccccc21. The second-order valence-corrected chi connectivity index (χ2v) is 7.56. The van der Waals surface area contributed by atoms with Crippen LogP contribution in [0.1, 0.15) is 29.9 Å². The van der Waals surface area contributed by atoms with Gasteiger partial charge in [-0.25, -0.2) is 13.6 Å². The van der Waals surface area contributed by atoms with E-state index < -0.39 is 43.4 Å². The quantitative estimate of drug-likeness (QED) is 0.615. The number of carbonyl (C=O) groups excluding carboxylic acids is 2. The lowest BCUT2D eigenvalue weighted by molar-refractivity contribution is -0.138. The predicted molar refractivity (Wildman–Crippen MR) is 113 cm³/mol. The van der Waals surface area contributed by atoms with Gasteiger partial charge >= 0.3 is 12.1 Å². The normalized spacial score (nSPS) is 13.2. The molecular weight excluding hydrogens is 422 g/mol. The molecule has 0 saturated heterocycles. The molecule has 1 aliphatic carbocycles. The van der Waals surface area contributed by atoms with E-state index in [1.54, 1.807) is 0 Å². The van der Waals surface area contributed by atoms with Gasteiger partial charge in [0.1, 0.15) is 12.6 Å². The van der Waals surface area contributed by atoms with Crippen molar-refractivity contribution in [3.63, 3.8) is 0 Å². The maximum absolute atomic E-state index is 12.6. The molecule has 1 aliphatic rings. The number of halogens is 2. The highest BCUT2D eigenvalue weighted by atomic mass is 19.3. The Balaban J connectivity index is 1.67. The van der Waals surface area contributed by atoms with E-state index >= 15 is 0 Å². The number of ether oxygens (including phenoxy) is 1. The number of likely N-dealkylation sites (N-methyl/N-ethyl adjacent to an activating group) is 1. The second kappa shape index (κ2) is 10.2. The van der Waals surface area contributed by atoms with Gasteiger partial charge in [0.2, 0.25) is 5.91 Å². The fourth-order valence-electron chi connectivity index (χ4n) is 3.87. The van der Waals surface area contributed by atoms with E-state index in [0.29, 0.717) is 0 Å². The monoisotopic (exact) mass is 446 g/mol. The van der Waals surface area contributed by atoms with Crippen LogP contribution in [0.5, 0.6) is 0 Å². The summed E-state index contributed by atoms with van der Waals surface area (Å²) in [4.78, 5) is 36.5. The van der Waals surface area contributed by atoms with E-state index in [0.717, 1.165) is 27.2 Å². The number of hydrogen-bond donors (Lipinski definition) is 2. The summed E-state index contributed by atoms with van der Waals surface area (Å²) in [7, 11) is 1.17. The zero-order valence-electron chi connectivity index (χ0n) is 17.5. The number of alkyl halides is 2. The number of carboxylic acid groups (broad SMARTS) is 1. The molecule has 32 heavy (non-hydrogen) atoms. The Hall–Kier alpha value is -3.49. The summed E-state index contributed by atoms with van der Waals surface area (Å²) in [5, 5.41) is 11.2. The molecule has 0 saturated carbocycles. The van der Waals surface area contributed by atoms with Crippen LogP contribution >= 0.6 is 0 Å². The van der Waals surface area contributed by atoms with Crippen molar-refractivity contribution in [2.45, 2.75) is 31.2 Å². The Morgan fingerprint density at radius 2 is 1.62 bits per heavy atom. The summed E-state index contributed by atoms with van der Waals surface area (Å²) in [6, 6.07) is 14.3. The van der Waals surface area contributed by atoms with Crippen molar-refractivity contribution in [1.82, 2.24) is 10.2 Å². The van der Waals surface area contributed by atoms with Gasteiger partial charge in [0.05, 0.1) is 6.54 Å². The molecule has 2 N–H and O–H groups in total. The average molecular weight is 446 g/mol. The van der Waals surface area contributed by atoms with Crippen molar-refractivity contribution in [3.05, 3.63) is 59.7 Å². The molecule has 170 valence electrons. The number of carbonyl (C=O) groups is 3. The van der Waals surface area contributed by atoms with Crippen LogP contribution in [0.2, 0.25) is 0 Å². The summed E-state index contributed by atoms with van der Waals surface area (Å²) in [5.41, 5.74) is 4.13. The van der Waals surface area contributed by atoms with Crippen LogP contribution < -0.4 is 5.32 Å². The Morgan fingerprint density at radius 3 is 2.16 bits per heavy atom. The van der Waals surface area contributed by atoms with Crippen LogP contribution in [0.15, 0.2) is 48.5 Å². The third-order valence-corrected chi connectivity index (χ3v) is 5.37. The van der Waals surface area contributed by atoms with Crippen LogP contribution in [-0.4, -0.2) is 60.6 Å². The molecule has 0 aliphatic heterocycles. The number of carboxylic acids is 1. The lowest BCUT2D eigenvalue weighted by Gasteiger charge is -2.24. The first kappa shape index (κ1) is 23.2. The lowest BCUT2D eigenvalue weighted by atomic mass is 9.98. The number of amides is 2. The van der Waals surface area contributed by atoms with Gasteiger partial charge in [-0.15, -0.1) is 0 Å². The van der Waals surface area contributed by atoms with E-state index in [9.17, 15) is 23.2 Å². The molecule has 0 spiro atoms. The van der Waals surface area contributed by atoms with Crippen LogP contribution in [0.25, 0.3) is 11.1 Å². The molecule has 0 radical (unpaired) electrons. The third kappa shape index (κ3) is 5.40. The van der Waals surface area contributed by atoms with Gasteiger partial charge < -0.3 is 20.1 Å². The van der Waals surface area contributed by atoms with Crippen LogP contribution in [0.4, 0.5) is 13.6 Å². The largest absolute Gasteiger partial charge is 0.481 e. The summed E-state index contributed by atoms with van der Waals surface area (Å²) in [6.07, 6.45) is -4.33. The van der Waals surface area contributed by atoms with Crippen LogP contribution in [0, 0.1) is 0 Å². The minimum absolute atomic E-state index is 0.00652. The van der Waals surface area contributed by atoms with Gasteiger partial charge in [-0.3, -0.25) is 9.59 Å². The van der Waals surface area contributed by atoms with Crippen molar-refractivity contribution >= 4 is 18.0 Å². The zero-order chi connectivity index (χ0) is 23.3. The molecule has 9 heteroatoms. The van der Waals surface area contributed by atoms with Gasteiger partial charge in [-0.1, -0.05) is 48.5 Å². The molecule has 0 bridgehead atoms. The Kier molecular flexibility index (Phi) is 7.40. The highest BCUT2D eigenvalue weighted by Crippen LogP contribution is 2.44. The Labute approximate surface area is 184 Å². The predicted octanol–water partition coefficient (Wildman–Crippen LogP) is 3.48. The smallest absolute Gasteiger partial charge is 0.407 e. The van der Waals surface area contributed by atoms with Crippen molar-refractivity contribution in [1.29, 1.82) is 0 Å². The molecule has 7 nitrogen and oxygen atoms in total. The van der Waals surface area contributed by atoms with Crippen LogP contribution in [0.3, 0.4) is 0 Å². The van der Waals surface area contributed by atoms with Gasteiger partial charge in [0.15, 0.2) is 0 Å². The number of benzene rings is 2. The molecule has 3 rings (SSSR count). The second-order valence-electron chi connectivity index (χ2n) is 7.56. The molecular formula is C23H24F2N2O5. The van der Waals surface area contributed by atoms with Gasteiger partial charge in [-0.05, 0) is 28.7 Å². The lowest BCUT2D eigenvalue weighted by Crippen LogP contribution is -2.48. The van der Waals surface area contributed by atoms with Crippen molar-refractivity contribution in [2.75, 3.05) is 20.2 Å². The molecule has 1 unspecified atom stereocenters. The van der Waals surface area contributed by atoms with Gasteiger partial charge in [0, 0.05) is 19.4 Å². The molecule has 2 aromatic carbocycles. The standard InChI is InChI=1S/C23H24F2N2O5/c1-27(12-20(24)25)22(30)19(10-11-21(28)29)26-23(31)32-13-18-16-8-4-2-6-14(16)15-7-3-5-9-17(15)18/h2-9,18-20H,10-13H2,1H3,(H,26,31)(H,28,29). The number of aliphatic carboxylic acids is 1. The zero-order valence-corrected chi connectivity index (χ0v) is 17.5. The first-order chi connectivity index (χ1) is 15.3. The maximum atomic E-state index is 12.6. The highest BCUT2D eigenvalue weighted by molar-refractivity contribution is 5.86. The number of nitrogens with zero attached hydrogens (tertiary/aromatic N) is 1. The fraction of sp³-hybridized carbons (Fsp3) is 0.348. The van der Waals surface area contributed by atoms with Crippen LogP contribution in [-0.2, 0) is 14.3 Å². The molecule has 0 fully saturated rings. The van der Waals surface area contributed by atoms with Gasteiger partial charge in [-0.2, -0.15) is 0 Å². The minimum atomic E-state index is -2.75. The summed E-state index contributed by atoms with van der Waals surface area (Å²) in [5.74, 6) is -2.17. The molecule has 2 amide bonds. The first-order valence-electron chi connectivity index (χ1n) is 10.1. The maximum Gasteiger partial charge on any atom is 0.407 e. The topological polar surface area (TPSA) is 95.9 Å². The number of rotatable bonds is 9. The molecule has 2 aromatic rings. The first-order valence-corrected chi connectivity index (χ1v) is 10.1. The van der Waals surface area contributed by atoms with Gasteiger partial charge in [0.25, 0.3) is 6.43 Å². The Bertz CT molecular complexity index is 952. The summed E-state index contributed by atoms with van der Waals surface area (Å²) in [6.45, 7) is -0.818. The Morgan fingerprint density at radius 1 is 1.06 bits per heavy atom. The number of nitrogens with one attached hydrogen (secondary N) is 1. The minimum Gasteiger partial charge on any atom is -0.481 e. The molecule has 0 heterocycles. The van der Waals surface area contributed by atoms with E-state index in [1.807, 2.05) is 48.5 Å². The van der Waals surface area contributed by atoms with E-state index in [2.05, 4.69) is 5.32 Å². The van der Waals surface area contributed by atoms with E-state index in [-0.39, 0.29) is 18.9 Å². The highest BCUT2D eigenvalue weighted by Gasteiger charge is 2.30. The van der Waals surface area contributed by atoms with E-state index in [4.69, 9.17) is 9.84 Å². The van der Waals surface area contributed by atoms with E-state index in [1.165, 1.54) is 7.05 Å². The molecule has 0 aromatic heterocycles. The summed E-state index contributed by atoms with van der Waals surface area (Å²) >= 11 is 0. The number of hydrogen-bond acceptors (Lipinski definition) is 4. The summed E-state index contributed by atoms with van der Waals surface area (Å²) < 4.78 is 30.6. The number of alkyl carbamates (subject to hydrolysis) is 1.